The third-order valence-corrected chi connectivity index (χ3v) is 3.20. The number of nitrogens with zero attached hydrogens (tertiary/aromatic N) is 1. The molecule has 0 aliphatic rings. The van der Waals surface area contributed by atoms with Crippen LogP contribution in [0.3, 0.4) is 0 Å². The third kappa shape index (κ3) is 3.10. The zero-order chi connectivity index (χ0) is 9.84. The van der Waals surface area contributed by atoms with Gasteiger partial charge in [0.15, 0.2) is 0 Å². The molecule has 0 saturated heterocycles. The van der Waals surface area contributed by atoms with Gasteiger partial charge >= 0.3 is 0 Å². The van der Waals surface area contributed by atoms with E-state index >= 15 is 0 Å². The van der Waals surface area contributed by atoms with Crippen molar-refractivity contribution in [1.29, 1.82) is 0 Å². The highest BCUT2D eigenvalue weighted by Crippen LogP contribution is 2.21. The van der Waals surface area contributed by atoms with Crippen LogP contribution in [-0.4, -0.2) is 24.4 Å². The molecule has 0 saturated carbocycles. The Balaban J connectivity index is 2.54. The number of halogens is 1. The normalized spacial score (nSPS) is 10.1. The zero-order valence-corrected chi connectivity index (χ0v) is 9.69. The van der Waals surface area contributed by atoms with Crippen LogP contribution in [0.4, 0.5) is 0 Å². The Bertz CT molecular complexity index is 300. The zero-order valence-electron chi connectivity index (χ0n) is 7.29. The molecule has 0 fully saturated rings. The molecule has 0 aromatic carbocycles. The Morgan fingerprint density at radius 2 is 2.46 bits per heavy atom. The summed E-state index contributed by atoms with van der Waals surface area (Å²) in [5.74, 6) is -0.0395. The number of nitrogens with two attached hydrogens (primary N) is 1. The molecular weight excluding hydrogens is 252 g/mol. The van der Waals surface area contributed by atoms with Crippen molar-refractivity contribution in [3.8, 4) is 0 Å². The molecule has 2 N–H and O–H groups in total. The summed E-state index contributed by atoms with van der Waals surface area (Å²) in [7, 11) is 1.75. The van der Waals surface area contributed by atoms with Crippen molar-refractivity contribution in [2.24, 2.45) is 5.73 Å². The minimum atomic E-state index is -0.0395. The molecule has 1 amide bonds. The van der Waals surface area contributed by atoms with Gasteiger partial charge in [-0.15, -0.1) is 11.3 Å². The average Bonchev–Trinajstić information content (AvgIpc) is 2.49. The first-order valence-corrected chi connectivity index (χ1v) is 5.47. The number of hydrogen-bond donors (Lipinski definition) is 1. The number of amides is 1. The molecule has 0 spiro atoms. The van der Waals surface area contributed by atoms with Crippen LogP contribution in [-0.2, 0) is 11.3 Å². The van der Waals surface area contributed by atoms with Crippen molar-refractivity contribution in [1.82, 2.24) is 4.90 Å². The summed E-state index contributed by atoms with van der Waals surface area (Å²) in [4.78, 5) is 12.7. The fourth-order valence-electron chi connectivity index (χ4n) is 0.947. The van der Waals surface area contributed by atoms with E-state index < -0.39 is 0 Å². The van der Waals surface area contributed by atoms with Crippen LogP contribution >= 0.6 is 27.3 Å². The minimum absolute atomic E-state index is 0.0395. The fraction of sp³-hybridized carbons (Fsp3) is 0.375. The van der Waals surface area contributed by atoms with Crippen LogP contribution < -0.4 is 5.73 Å². The lowest BCUT2D eigenvalue weighted by Crippen LogP contribution is -2.31. The van der Waals surface area contributed by atoms with Gasteiger partial charge in [-0.2, -0.15) is 0 Å². The molecule has 5 heteroatoms. The lowest BCUT2D eigenvalue weighted by atomic mass is 10.3. The molecule has 0 atom stereocenters. The highest BCUT2D eigenvalue weighted by Gasteiger charge is 2.07. The van der Waals surface area contributed by atoms with Gasteiger partial charge in [0.1, 0.15) is 0 Å². The summed E-state index contributed by atoms with van der Waals surface area (Å²) in [5.41, 5.74) is 6.36. The van der Waals surface area contributed by atoms with Crippen LogP contribution in [0.2, 0.25) is 0 Å². The van der Waals surface area contributed by atoms with Crippen LogP contribution in [0.25, 0.3) is 0 Å². The molecule has 1 heterocycles. The summed E-state index contributed by atoms with van der Waals surface area (Å²) < 4.78 is 1.08. The van der Waals surface area contributed by atoms with Crippen molar-refractivity contribution in [3.05, 3.63) is 20.8 Å². The van der Waals surface area contributed by atoms with Gasteiger partial charge in [-0.1, -0.05) is 0 Å². The van der Waals surface area contributed by atoms with Crippen molar-refractivity contribution < 1.29 is 4.79 Å². The van der Waals surface area contributed by atoms with E-state index in [1.807, 2.05) is 11.4 Å². The highest BCUT2D eigenvalue weighted by atomic mass is 79.9. The smallest absolute Gasteiger partial charge is 0.236 e. The first-order chi connectivity index (χ1) is 6.13. The van der Waals surface area contributed by atoms with Gasteiger partial charge < -0.3 is 10.6 Å². The Hall–Kier alpha value is -0.390. The van der Waals surface area contributed by atoms with Crippen LogP contribution in [0.1, 0.15) is 5.56 Å². The summed E-state index contributed by atoms with van der Waals surface area (Å²) in [5, 5.41) is 2.02. The molecule has 3 nitrogen and oxygen atoms in total. The second-order valence-corrected chi connectivity index (χ2v) is 5.00. The molecule has 0 bridgehead atoms. The second-order valence-electron chi connectivity index (χ2n) is 2.71. The first kappa shape index (κ1) is 10.7. The number of carbonyl (C=O) groups excluding carboxylic acids is 1. The standard InChI is InChI=1S/C8H11BrN2OS/c1-11(8(12)3-10)4-6-2-7(9)13-5-6/h2,5H,3-4,10H2,1H3. The van der Waals surface area contributed by atoms with Gasteiger partial charge in [-0.05, 0) is 32.9 Å². The fourth-order valence-corrected chi connectivity index (χ4v) is 2.15. The van der Waals surface area contributed by atoms with E-state index in [1.165, 1.54) is 0 Å². The molecule has 1 aromatic rings. The lowest BCUT2D eigenvalue weighted by Gasteiger charge is -2.14. The third-order valence-electron chi connectivity index (χ3n) is 1.64. The van der Waals surface area contributed by atoms with E-state index in [4.69, 9.17) is 5.73 Å². The van der Waals surface area contributed by atoms with E-state index in [0.29, 0.717) is 6.54 Å². The van der Waals surface area contributed by atoms with E-state index in [0.717, 1.165) is 9.35 Å². The van der Waals surface area contributed by atoms with E-state index in [2.05, 4.69) is 15.9 Å². The molecule has 0 unspecified atom stereocenters. The van der Waals surface area contributed by atoms with Gasteiger partial charge in [0.25, 0.3) is 0 Å². The second kappa shape index (κ2) is 4.74. The van der Waals surface area contributed by atoms with Crippen molar-refractivity contribution in [3.63, 3.8) is 0 Å². The van der Waals surface area contributed by atoms with Gasteiger partial charge in [-0.25, -0.2) is 0 Å². The molecule has 0 aliphatic heterocycles. The molecule has 72 valence electrons. The summed E-state index contributed by atoms with van der Waals surface area (Å²) in [6.45, 7) is 0.694. The molecule has 1 rings (SSSR count). The largest absolute Gasteiger partial charge is 0.340 e. The Kier molecular flexibility index (Phi) is 3.90. The molecule has 1 aromatic heterocycles. The number of carbonyl (C=O) groups is 1. The highest BCUT2D eigenvalue weighted by molar-refractivity contribution is 9.11. The maximum atomic E-state index is 11.1. The van der Waals surface area contributed by atoms with Gasteiger partial charge in [0.05, 0.1) is 10.3 Å². The monoisotopic (exact) mass is 262 g/mol. The Morgan fingerprint density at radius 1 is 1.77 bits per heavy atom. The number of likely N-dealkylation sites (N-methyl/N-ethyl adjacent to an activating group) is 1. The molecular formula is C8H11BrN2OS. The van der Waals surface area contributed by atoms with Crippen molar-refractivity contribution in [2.45, 2.75) is 6.54 Å². The predicted octanol–water partition coefficient (Wildman–Crippen LogP) is 1.43. The number of thiophene rings is 1. The quantitative estimate of drug-likeness (QED) is 0.896. The number of hydrogen-bond acceptors (Lipinski definition) is 3. The Morgan fingerprint density at radius 3 is 2.92 bits per heavy atom. The van der Waals surface area contributed by atoms with Gasteiger partial charge in [0, 0.05) is 13.6 Å². The number of rotatable bonds is 3. The van der Waals surface area contributed by atoms with E-state index in [9.17, 15) is 4.79 Å². The van der Waals surface area contributed by atoms with Crippen molar-refractivity contribution in [2.75, 3.05) is 13.6 Å². The molecule has 0 radical (unpaired) electrons. The molecule has 0 aliphatic carbocycles. The lowest BCUT2D eigenvalue weighted by molar-refractivity contribution is -0.128. The first-order valence-electron chi connectivity index (χ1n) is 3.80. The summed E-state index contributed by atoms with van der Waals surface area (Å²) >= 11 is 4.98. The SMILES string of the molecule is CN(Cc1csc(Br)c1)C(=O)CN. The summed E-state index contributed by atoms with van der Waals surface area (Å²) in [6, 6.07) is 2.00. The van der Waals surface area contributed by atoms with Crippen LogP contribution in [0.15, 0.2) is 15.2 Å². The Labute approximate surface area is 89.7 Å². The maximum absolute atomic E-state index is 11.1. The van der Waals surface area contributed by atoms with Crippen LogP contribution in [0, 0.1) is 0 Å². The summed E-state index contributed by atoms with van der Waals surface area (Å²) in [6.07, 6.45) is 0. The predicted molar refractivity (Wildman–Crippen MR) is 57.5 cm³/mol. The van der Waals surface area contributed by atoms with E-state index in [-0.39, 0.29) is 12.5 Å². The van der Waals surface area contributed by atoms with E-state index in [1.54, 1.807) is 23.3 Å². The van der Waals surface area contributed by atoms with Gasteiger partial charge in [0.2, 0.25) is 5.91 Å². The topological polar surface area (TPSA) is 46.3 Å². The maximum Gasteiger partial charge on any atom is 0.236 e. The molecule has 13 heavy (non-hydrogen) atoms. The average molecular weight is 263 g/mol. The van der Waals surface area contributed by atoms with Gasteiger partial charge in [-0.3, -0.25) is 4.79 Å². The van der Waals surface area contributed by atoms with Crippen LogP contribution in [0.5, 0.6) is 0 Å². The van der Waals surface area contributed by atoms with Crippen molar-refractivity contribution >= 4 is 33.2 Å². The minimum Gasteiger partial charge on any atom is -0.340 e.